The van der Waals surface area contributed by atoms with Gasteiger partial charge in [0.25, 0.3) is 11.8 Å². The minimum Gasteiger partial charge on any atom is -0.477 e. The minimum atomic E-state index is -1.29. The molecule has 0 aliphatic carbocycles. The molecule has 192 valence electrons. The quantitative estimate of drug-likeness (QED) is 0.134. The standard InChI is InChI=1S/C20H19N9O5S3/c1-7-3-10-22-6-23-29(10)15(24-7)14(35)8-4-36-18-12(17(31)28(18)13(8)19(32)33)26-16(30)11(27-34-2)9-5-37-20(21)25-9/h3,5-6,12,14,18,35H,4H2,1-2H3,(H2,21,25)(H,26,30)(H,32,33)/t12-,14?,18-/m1/s1. The number of carboxylic acids is 1. The Labute approximate surface area is 222 Å². The third kappa shape index (κ3) is 4.27. The lowest BCUT2D eigenvalue weighted by Crippen LogP contribution is -2.71. The number of nitrogens with one attached hydrogen (secondary N) is 1. The first kappa shape index (κ1) is 25.0. The Morgan fingerprint density at radius 3 is 2.86 bits per heavy atom. The molecule has 5 rings (SSSR count). The summed E-state index contributed by atoms with van der Waals surface area (Å²) in [6, 6.07) is 0.756. The molecule has 17 heteroatoms. The fraction of sp³-hybridized carbons (Fsp3) is 0.300. The molecular weight excluding hydrogens is 542 g/mol. The molecule has 14 nitrogen and oxygen atoms in total. The molecule has 1 unspecified atom stereocenters. The van der Waals surface area contributed by atoms with E-state index in [2.05, 4.69) is 43.2 Å². The lowest BCUT2D eigenvalue weighted by atomic mass is 10.0. The summed E-state index contributed by atoms with van der Waals surface area (Å²) in [5.41, 5.74) is 7.07. The number of aryl methyl sites for hydroxylation is 1. The van der Waals surface area contributed by atoms with Gasteiger partial charge in [0.05, 0.1) is 5.25 Å². The normalized spacial score (nSPS) is 20.5. The Kier molecular flexibility index (Phi) is 6.50. The minimum absolute atomic E-state index is 0.157. The van der Waals surface area contributed by atoms with Crippen molar-refractivity contribution in [2.75, 3.05) is 18.6 Å². The molecule has 0 radical (unpaired) electrons. The second-order valence-electron chi connectivity index (χ2n) is 7.92. The SMILES string of the molecule is CON=C(C(=O)N[C@@H]1C(=O)N2C(C(=O)O)=C(C(S)c3nc(C)cc4ncnn34)CS[C@H]12)c1csc(N)n1. The number of nitrogen functional groups attached to an aromatic ring is 1. The van der Waals surface area contributed by atoms with Crippen LogP contribution in [-0.4, -0.2) is 82.3 Å². The van der Waals surface area contributed by atoms with Crippen LogP contribution in [0.2, 0.25) is 0 Å². The highest BCUT2D eigenvalue weighted by molar-refractivity contribution is 8.00. The number of aromatic nitrogens is 5. The van der Waals surface area contributed by atoms with Crippen molar-refractivity contribution in [3.63, 3.8) is 0 Å². The van der Waals surface area contributed by atoms with E-state index < -0.39 is 34.4 Å². The van der Waals surface area contributed by atoms with Gasteiger partial charge in [0, 0.05) is 22.9 Å². The van der Waals surface area contributed by atoms with Crippen LogP contribution < -0.4 is 11.1 Å². The maximum absolute atomic E-state index is 13.1. The number of carbonyl (C=O) groups is 3. The van der Waals surface area contributed by atoms with Gasteiger partial charge in [0.1, 0.15) is 42.1 Å². The molecule has 0 saturated carbocycles. The summed E-state index contributed by atoms with van der Waals surface area (Å²) in [4.78, 5) is 57.0. The molecule has 1 saturated heterocycles. The Morgan fingerprint density at radius 1 is 1.41 bits per heavy atom. The van der Waals surface area contributed by atoms with Crippen molar-refractivity contribution in [1.82, 2.24) is 34.8 Å². The number of carbonyl (C=O) groups excluding carboxylic acids is 2. The first-order valence-corrected chi connectivity index (χ1v) is 13.1. The summed E-state index contributed by atoms with van der Waals surface area (Å²) in [5.74, 6) is -1.98. The molecule has 0 spiro atoms. The first-order valence-electron chi connectivity index (χ1n) is 10.6. The molecular formula is C20H19N9O5S3. The second kappa shape index (κ2) is 9.64. The van der Waals surface area contributed by atoms with E-state index in [0.717, 1.165) is 16.2 Å². The number of hydrogen-bond donors (Lipinski definition) is 4. The number of rotatable bonds is 7. The fourth-order valence-corrected chi connectivity index (χ4v) is 6.50. The highest BCUT2D eigenvalue weighted by Gasteiger charge is 2.55. The van der Waals surface area contributed by atoms with Gasteiger partial charge >= 0.3 is 5.97 Å². The van der Waals surface area contributed by atoms with E-state index in [1.807, 2.05) is 0 Å². The Balaban J connectivity index is 1.42. The van der Waals surface area contributed by atoms with Crippen molar-refractivity contribution in [3.8, 4) is 0 Å². The predicted molar refractivity (Wildman–Crippen MR) is 137 cm³/mol. The van der Waals surface area contributed by atoms with Crippen molar-refractivity contribution in [1.29, 1.82) is 0 Å². The van der Waals surface area contributed by atoms with Crippen molar-refractivity contribution in [2.45, 2.75) is 23.6 Å². The number of aliphatic carboxylic acids is 1. The summed E-state index contributed by atoms with van der Waals surface area (Å²) in [5, 5.41) is 20.9. The molecule has 3 atom stereocenters. The number of hydrogen-bond acceptors (Lipinski definition) is 13. The van der Waals surface area contributed by atoms with Gasteiger partial charge in [-0.05, 0) is 12.5 Å². The molecule has 0 bridgehead atoms. The van der Waals surface area contributed by atoms with Crippen LogP contribution in [0.5, 0.6) is 0 Å². The smallest absolute Gasteiger partial charge is 0.352 e. The van der Waals surface area contributed by atoms with Crippen molar-refractivity contribution in [3.05, 3.63) is 46.3 Å². The molecule has 37 heavy (non-hydrogen) atoms. The predicted octanol–water partition coefficient (Wildman–Crippen LogP) is 0.232. The van der Waals surface area contributed by atoms with Gasteiger partial charge < -0.3 is 21.0 Å². The molecule has 4 N–H and O–H groups in total. The molecule has 3 aromatic rings. The summed E-state index contributed by atoms with van der Waals surface area (Å²) in [6.45, 7) is 1.78. The Hall–Kier alpha value is -3.70. The van der Waals surface area contributed by atoms with Gasteiger partial charge in [-0.25, -0.2) is 19.7 Å². The summed E-state index contributed by atoms with van der Waals surface area (Å²) in [6.07, 6.45) is 1.37. The number of amides is 2. The monoisotopic (exact) mass is 561 g/mol. The number of β-lactam (4-membered cyclic amide) rings is 1. The van der Waals surface area contributed by atoms with E-state index in [1.54, 1.807) is 13.0 Å². The lowest BCUT2D eigenvalue weighted by molar-refractivity contribution is -0.150. The van der Waals surface area contributed by atoms with E-state index >= 15 is 0 Å². The maximum Gasteiger partial charge on any atom is 0.352 e. The Bertz CT molecular complexity index is 1500. The van der Waals surface area contributed by atoms with Crippen molar-refractivity contribution in [2.24, 2.45) is 5.16 Å². The third-order valence-electron chi connectivity index (χ3n) is 5.64. The largest absolute Gasteiger partial charge is 0.477 e. The molecule has 1 fully saturated rings. The van der Waals surface area contributed by atoms with Crippen LogP contribution in [0.4, 0.5) is 5.13 Å². The molecule has 5 heterocycles. The van der Waals surface area contributed by atoms with Crippen LogP contribution in [0.15, 0.2) is 34.2 Å². The van der Waals surface area contributed by atoms with Crippen molar-refractivity contribution >= 4 is 70.0 Å². The number of thiol groups is 1. The van der Waals surface area contributed by atoms with Crippen LogP contribution in [0.25, 0.3) is 5.65 Å². The highest BCUT2D eigenvalue weighted by Crippen LogP contribution is 2.45. The van der Waals surface area contributed by atoms with Gasteiger partial charge in [-0.15, -0.1) is 23.1 Å². The average Bonchev–Trinajstić information content (AvgIpc) is 3.52. The zero-order chi connectivity index (χ0) is 26.4. The fourth-order valence-electron chi connectivity index (χ4n) is 4.06. The molecule has 2 amide bonds. The number of fused-ring (bicyclic) bond motifs is 2. The number of oxime groups is 1. The number of thioether (sulfide) groups is 1. The number of thiazole rings is 1. The van der Waals surface area contributed by atoms with Gasteiger partial charge in [-0.3, -0.25) is 14.5 Å². The van der Waals surface area contributed by atoms with E-state index in [0.29, 0.717) is 22.7 Å². The molecule has 3 aromatic heterocycles. The number of nitrogens with zero attached hydrogens (tertiary/aromatic N) is 7. The van der Waals surface area contributed by atoms with Gasteiger partial charge in [0.15, 0.2) is 16.5 Å². The third-order valence-corrected chi connectivity index (χ3v) is 8.16. The first-order chi connectivity index (χ1) is 17.7. The number of anilines is 1. The topological polar surface area (TPSA) is 190 Å². The van der Waals surface area contributed by atoms with Crippen LogP contribution >= 0.6 is 35.7 Å². The van der Waals surface area contributed by atoms with Crippen LogP contribution in [-0.2, 0) is 19.2 Å². The summed E-state index contributed by atoms with van der Waals surface area (Å²) >= 11 is 7.09. The highest BCUT2D eigenvalue weighted by atomic mass is 32.2. The van der Waals surface area contributed by atoms with Gasteiger partial charge in [0.2, 0.25) is 0 Å². The average molecular weight is 562 g/mol. The molecule has 2 aliphatic rings. The molecule has 2 aliphatic heterocycles. The van der Waals surface area contributed by atoms with Crippen molar-refractivity contribution < 1.29 is 24.3 Å². The van der Waals surface area contributed by atoms with E-state index in [4.69, 9.17) is 10.6 Å². The van der Waals surface area contributed by atoms with Crippen LogP contribution in [0.1, 0.15) is 22.5 Å². The van der Waals surface area contributed by atoms with Gasteiger partial charge in [-0.1, -0.05) is 5.16 Å². The van der Waals surface area contributed by atoms with E-state index in [1.165, 1.54) is 35.1 Å². The van der Waals surface area contributed by atoms with Crippen LogP contribution in [0.3, 0.4) is 0 Å². The maximum atomic E-state index is 13.1. The Morgan fingerprint density at radius 2 is 2.19 bits per heavy atom. The van der Waals surface area contributed by atoms with E-state index in [-0.39, 0.29) is 28.0 Å². The number of carboxylic acid groups (broad SMARTS) is 1. The summed E-state index contributed by atoms with van der Waals surface area (Å²) < 4.78 is 1.48. The van der Waals surface area contributed by atoms with Gasteiger partial charge in [-0.2, -0.15) is 22.2 Å². The zero-order valence-electron chi connectivity index (χ0n) is 19.2. The number of nitrogens with two attached hydrogens (primary N) is 1. The van der Waals surface area contributed by atoms with E-state index in [9.17, 15) is 19.5 Å². The second-order valence-corrected chi connectivity index (χ2v) is 10.4. The zero-order valence-corrected chi connectivity index (χ0v) is 21.8. The van der Waals surface area contributed by atoms with Crippen LogP contribution in [0, 0.1) is 6.92 Å². The summed E-state index contributed by atoms with van der Waals surface area (Å²) in [7, 11) is 1.27. The molecule has 0 aromatic carbocycles. The lowest BCUT2D eigenvalue weighted by Gasteiger charge is -2.49.